The third-order valence-electron chi connectivity index (χ3n) is 3.65. The molecule has 1 N–H and O–H groups in total. The van der Waals surface area contributed by atoms with Crippen LogP contribution in [0.15, 0.2) is 29.2 Å². The van der Waals surface area contributed by atoms with Gasteiger partial charge in [0, 0.05) is 24.8 Å². The molecule has 110 valence electrons. The van der Waals surface area contributed by atoms with Gasteiger partial charge in [0.2, 0.25) is 0 Å². The molecule has 2 amide bonds. The van der Waals surface area contributed by atoms with Crippen LogP contribution in [-0.4, -0.2) is 43.5 Å². The average Bonchev–Trinajstić information content (AvgIpc) is 2.47. The predicted octanol–water partition coefficient (Wildman–Crippen LogP) is 2.90. The molecule has 0 fully saturated rings. The van der Waals surface area contributed by atoms with Crippen molar-refractivity contribution in [3.8, 4) is 0 Å². The minimum Gasteiger partial charge on any atom is -0.383 e. The van der Waals surface area contributed by atoms with Gasteiger partial charge in [-0.05, 0) is 25.0 Å². The number of ether oxygens (including phenoxy) is 1. The van der Waals surface area contributed by atoms with Gasteiger partial charge < -0.3 is 15.0 Å². The number of hydrogen-bond acceptors (Lipinski definition) is 3. The van der Waals surface area contributed by atoms with Crippen molar-refractivity contribution in [3.63, 3.8) is 0 Å². The molecule has 0 saturated heterocycles. The van der Waals surface area contributed by atoms with Crippen LogP contribution in [-0.2, 0) is 4.74 Å². The lowest BCUT2D eigenvalue weighted by Crippen LogP contribution is -2.45. The van der Waals surface area contributed by atoms with Crippen LogP contribution in [0.4, 0.5) is 4.79 Å². The Morgan fingerprint density at radius 3 is 3.05 bits per heavy atom. The lowest BCUT2D eigenvalue weighted by atomic mass is 10.0. The Hall–Kier alpha value is -1.20. The second-order valence-corrected chi connectivity index (χ2v) is 6.23. The van der Waals surface area contributed by atoms with Gasteiger partial charge in [0.25, 0.3) is 0 Å². The van der Waals surface area contributed by atoms with Gasteiger partial charge >= 0.3 is 6.03 Å². The van der Waals surface area contributed by atoms with Crippen molar-refractivity contribution in [3.05, 3.63) is 29.8 Å². The molecule has 0 bridgehead atoms. The van der Waals surface area contributed by atoms with Gasteiger partial charge in [-0.25, -0.2) is 4.79 Å². The Bertz CT molecular complexity index is 467. The molecule has 0 saturated carbocycles. The molecule has 0 unspecified atom stereocenters. The van der Waals surface area contributed by atoms with E-state index in [1.165, 1.54) is 10.5 Å². The fourth-order valence-electron chi connectivity index (χ4n) is 2.30. The lowest BCUT2D eigenvalue weighted by molar-refractivity contribution is 0.122. The van der Waals surface area contributed by atoms with Gasteiger partial charge in [-0.1, -0.05) is 18.2 Å². The number of nitrogens with zero attached hydrogens (tertiary/aromatic N) is 1. The topological polar surface area (TPSA) is 41.6 Å². The Balaban J connectivity index is 2.02. The molecule has 2 atom stereocenters. The zero-order chi connectivity index (χ0) is 14.5. The summed E-state index contributed by atoms with van der Waals surface area (Å²) in [5, 5.41) is 3.13. The zero-order valence-corrected chi connectivity index (χ0v) is 13.1. The SMILES string of the molecule is COC[C@@H](C)N(C)C(=O)N[C@H]1CCSc2ccccc21. The lowest BCUT2D eigenvalue weighted by Gasteiger charge is -2.30. The van der Waals surface area contributed by atoms with E-state index >= 15 is 0 Å². The molecule has 4 nitrogen and oxygen atoms in total. The Morgan fingerprint density at radius 2 is 2.30 bits per heavy atom. The standard InChI is InChI=1S/C15H22N2O2S/c1-11(10-19-3)17(2)15(18)16-13-8-9-20-14-7-5-4-6-12(13)14/h4-7,11,13H,8-10H2,1-3H3,(H,16,18)/t11-,13+/m1/s1. The minimum absolute atomic E-state index is 0.0405. The monoisotopic (exact) mass is 294 g/mol. The number of benzene rings is 1. The first-order valence-electron chi connectivity index (χ1n) is 6.87. The fourth-order valence-corrected chi connectivity index (χ4v) is 3.42. The molecule has 0 aromatic heterocycles. The van der Waals surface area contributed by atoms with Crippen LogP contribution >= 0.6 is 11.8 Å². The number of urea groups is 1. The quantitative estimate of drug-likeness (QED) is 0.928. The molecule has 1 aromatic carbocycles. The van der Waals surface area contributed by atoms with E-state index in [1.807, 2.05) is 37.9 Å². The number of rotatable bonds is 4. The number of thioether (sulfide) groups is 1. The first-order chi connectivity index (χ1) is 9.63. The summed E-state index contributed by atoms with van der Waals surface area (Å²) >= 11 is 1.86. The van der Waals surface area contributed by atoms with E-state index in [9.17, 15) is 4.79 Å². The highest BCUT2D eigenvalue weighted by atomic mass is 32.2. The maximum absolute atomic E-state index is 12.3. The summed E-state index contributed by atoms with van der Waals surface area (Å²) in [6, 6.07) is 8.43. The molecule has 5 heteroatoms. The first-order valence-corrected chi connectivity index (χ1v) is 7.86. The maximum Gasteiger partial charge on any atom is 0.317 e. The summed E-state index contributed by atoms with van der Waals surface area (Å²) in [6.45, 7) is 2.52. The van der Waals surface area contributed by atoms with Crippen molar-refractivity contribution in [2.24, 2.45) is 0 Å². The van der Waals surface area contributed by atoms with Crippen LogP contribution in [0.3, 0.4) is 0 Å². The molecular formula is C15H22N2O2S. The number of methoxy groups -OCH3 is 1. The number of carbonyl (C=O) groups is 1. The largest absolute Gasteiger partial charge is 0.383 e. The predicted molar refractivity (Wildman–Crippen MR) is 82.2 cm³/mol. The molecule has 1 aromatic rings. The molecular weight excluding hydrogens is 272 g/mol. The summed E-state index contributed by atoms with van der Waals surface area (Å²) in [5.74, 6) is 1.04. The minimum atomic E-state index is -0.0405. The molecule has 1 aliphatic rings. The summed E-state index contributed by atoms with van der Waals surface area (Å²) in [6.07, 6.45) is 0.972. The van der Waals surface area contributed by atoms with E-state index in [2.05, 4.69) is 17.4 Å². The zero-order valence-electron chi connectivity index (χ0n) is 12.3. The molecule has 0 spiro atoms. The fraction of sp³-hybridized carbons (Fsp3) is 0.533. The van der Waals surface area contributed by atoms with Crippen molar-refractivity contribution in [2.75, 3.05) is 26.5 Å². The Labute approximate surface area is 124 Å². The summed E-state index contributed by atoms with van der Waals surface area (Å²) < 4.78 is 5.10. The van der Waals surface area contributed by atoms with Gasteiger partial charge in [0.05, 0.1) is 18.7 Å². The summed E-state index contributed by atoms with van der Waals surface area (Å²) in [4.78, 5) is 15.3. The van der Waals surface area contributed by atoms with Crippen molar-refractivity contribution >= 4 is 17.8 Å². The maximum atomic E-state index is 12.3. The van der Waals surface area contributed by atoms with Crippen molar-refractivity contribution in [2.45, 2.75) is 30.3 Å². The molecule has 2 rings (SSSR count). The smallest absolute Gasteiger partial charge is 0.317 e. The highest BCUT2D eigenvalue weighted by Gasteiger charge is 2.24. The second-order valence-electron chi connectivity index (χ2n) is 5.09. The Morgan fingerprint density at radius 1 is 1.55 bits per heavy atom. The number of amides is 2. The van der Waals surface area contributed by atoms with E-state index in [1.54, 1.807) is 12.0 Å². The number of carbonyl (C=O) groups excluding carboxylic acids is 1. The number of likely N-dealkylation sites (N-methyl/N-ethyl adjacent to an activating group) is 1. The number of nitrogens with one attached hydrogen (secondary N) is 1. The van der Waals surface area contributed by atoms with E-state index in [0.29, 0.717) is 6.61 Å². The molecule has 0 aliphatic carbocycles. The van der Waals surface area contributed by atoms with Gasteiger partial charge in [-0.3, -0.25) is 0 Å². The van der Waals surface area contributed by atoms with Crippen LogP contribution in [0.2, 0.25) is 0 Å². The van der Waals surface area contributed by atoms with Crippen molar-refractivity contribution in [1.29, 1.82) is 0 Å². The van der Waals surface area contributed by atoms with Crippen molar-refractivity contribution < 1.29 is 9.53 Å². The first kappa shape index (κ1) is 15.2. The highest BCUT2D eigenvalue weighted by Crippen LogP contribution is 2.35. The van der Waals surface area contributed by atoms with Gasteiger partial charge in [-0.15, -0.1) is 11.8 Å². The summed E-state index contributed by atoms with van der Waals surface area (Å²) in [7, 11) is 3.46. The van der Waals surface area contributed by atoms with E-state index < -0.39 is 0 Å². The third kappa shape index (κ3) is 3.46. The van der Waals surface area contributed by atoms with Gasteiger partial charge in [0.15, 0.2) is 0 Å². The van der Waals surface area contributed by atoms with E-state index in [0.717, 1.165) is 12.2 Å². The van der Waals surface area contributed by atoms with Crippen molar-refractivity contribution in [1.82, 2.24) is 10.2 Å². The van der Waals surface area contributed by atoms with Crippen LogP contribution in [0.1, 0.15) is 24.9 Å². The number of hydrogen-bond donors (Lipinski definition) is 1. The third-order valence-corrected chi connectivity index (χ3v) is 4.77. The normalized spacial score (nSPS) is 19.1. The number of fused-ring (bicyclic) bond motifs is 1. The van der Waals surface area contributed by atoms with Crippen LogP contribution in [0.25, 0.3) is 0 Å². The van der Waals surface area contributed by atoms with Gasteiger partial charge in [0.1, 0.15) is 0 Å². The Kier molecular flexibility index (Phi) is 5.31. The van der Waals surface area contributed by atoms with E-state index in [-0.39, 0.29) is 18.1 Å². The summed E-state index contributed by atoms with van der Waals surface area (Å²) in [5.41, 5.74) is 1.23. The highest BCUT2D eigenvalue weighted by molar-refractivity contribution is 7.99. The van der Waals surface area contributed by atoms with Gasteiger partial charge in [-0.2, -0.15) is 0 Å². The second kappa shape index (κ2) is 6.99. The molecule has 1 heterocycles. The molecule has 1 aliphatic heterocycles. The molecule has 0 radical (unpaired) electrons. The van der Waals surface area contributed by atoms with E-state index in [4.69, 9.17) is 4.74 Å². The average molecular weight is 294 g/mol. The van der Waals surface area contributed by atoms with Crippen LogP contribution in [0.5, 0.6) is 0 Å². The van der Waals surface area contributed by atoms with Crippen LogP contribution in [0, 0.1) is 0 Å². The van der Waals surface area contributed by atoms with Crippen LogP contribution < -0.4 is 5.32 Å². The molecule has 20 heavy (non-hydrogen) atoms.